The topological polar surface area (TPSA) is 46.2 Å². The lowest BCUT2D eigenvalue weighted by Gasteiger charge is -2.50. The van der Waals surface area contributed by atoms with E-state index in [-0.39, 0.29) is 5.41 Å². The molecule has 0 amide bonds. The number of hydrogen-bond donors (Lipinski definition) is 2. The standard InChI is InChI=1S/C14H27NO/c1-3-14(16,12-4-5-12)13(10-15)8-6-11(2)7-9-13/h11-12,16H,3-10,15H2,1-2H3. The fourth-order valence-electron chi connectivity index (χ4n) is 3.79. The van der Waals surface area contributed by atoms with Crippen molar-refractivity contribution in [2.24, 2.45) is 23.0 Å². The van der Waals surface area contributed by atoms with Gasteiger partial charge in [0, 0.05) is 12.0 Å². The van der Waals surface area contributed by atoms with Gasteiger partial charge in [-0.1, -0.05) is 26.7 Å². The molecule has 2 rings (SSSR count). The van der Waals surface area contributed by atoms with Crippen LogP contribution in [0.1, 0.15) is 58.8 Å². The predicted octanol–water partition coefficient (Wildman–Crippen LogP) is 2.69. The van der Waals surface area contributed by atoms with Gasteiger partial charge in [-0.25, -0.2) is 0 Å². The van der Waals surface area contributed by atoms with Gasteiger partial charge >= 0.3 is 0 Å². The SMILES string of the molecule is CCC(O)(C1CC1)C1(CN)CCC(C)CC1. The fourth-order valence-corrected chi connectivity index (χ4v) is 3.79. The van der Waals surface area contributed by atoms with Crippen molar-refractivity contribution in [1.82, 2.24) is 0 Å². The first-order valence-electron chi connectivity index (χ1n) is 7.00. The summed E-state index contributed by atoms with van der Waals surface area (Å²) in [6, 6.07) is 0. The van der Waals surface area contributed by atoms with Crippen molar-refractivity contribution in [3.8, 4) is 0 Å². The zero-order chi connectivity index (χ0) is 11.8. The van der Waals surface area contributed by atoms with E-state index in [1.54, 1.807) is 0 Å². The summed E-state index contributed by atoms with van der Waals surface area (Å²) in [5.41, 5.74) is 5.60. The Bertz CT molecular complexity index is 241. The molecule has 0 radical (unpaired) electrons. The van der Waals surface area contributed by atoms with E-state index in [0.29, 0.717) is 12.5 Å². The molecule has 0 aromatic heterocycles. The van der Waals surface area contributed by atoms with Gasteiger partial charge in [0.2, 0.25) is 0 Å². The maximum Gasteiger partial charge on any atom is 0.0741 e. The van der Waals surface area contributed by atoms with Crippen molar-refractivity contribution in [1.29, 1.82) is 0 Å². The van der Waals surface area contributed by atoms with Gasteiger partial charge in [-0.15, -0.1) is 0 Å². The lowest BCUT2D eigenvalue weighted by atomic mass is 9.59. The maximum absolute atomic E-state index is 11.0. The van der Waals surface area contributed by atoms with Crippen molar-refractivity contribution in [2.75, 3.05) is 6.54 Å². The van der Waals surface area contributed by atoms with Crippen LogP contribution in [0.15, 0.2) is 0 Å². The molecular weight excluding hydrogens is 198 g/mol. The van der Waals surface area contributed by atoms with Crippen LogP contribution in [0.4, 0.5) is 0 Å². The average molecular weight is 225 g/mol. The van der Waals surface area contributed by atoms with Gasteiger partial charge in [0.25, 0.3) is 0 Å². The van der Waals surface area contributed by atoms with Gasteiger partial charge in [0.15, 0.2) is 0 Å². The zero-order valence-electron chi connectivity index (χ0n) is 10.8. The van der Waals surface area contributed by atoms with Crippen LogP contribution in [0, 0.1) is 17.3 Å². The molecule has 2 saturated carbocycles. The highest BCUT2D eigenvalue weighted by molar-refractivity contribution is 5.08. The molecule has 2 heteroatoms. The second-order valence-corrected chi connectivity index (χ2v) is 6.22. The summed E-state index contributed by atoms with van der Waals surface area (Å²) in [5, 5.41) is 11.0. The van der Waals surface area contributed by atoms with E-state index in [4.69, 9.17) is 5.73 Å². The molecule has 94 valence electrons. The molecule has 1 atom stereocenters. The summed E-state index contributed by atoms with van der Waals surface area (Å²) in [6.45, 7) is 5.12. The quantitative estimate of drug-likeness (QED) is 0.772. The first-order chi connectivity index (χ1) is 7.58. The van der Waals surface area contributed by atoms with Crippen LogP contribution in [0.2, 0.25) is 0 Å². The van der Waals surface area contributed by atoms with Crippen LogP contribution in [-0.2, 0) is 0 Å². The highest BCUT2D eigenvalue weighted by atomic mass is 16.3. The molecule has 2 aliphatic carbocycles. The molecule has 2 nitrogen and oxygen atoms in total. The Morgan fingerprint density at radius 1 is 1.25 bits per heavy atom. The van der Waals surface area contributed by atoms with Gasteiger partial charge in [-0.3, -0.25) is 0 Å². The summed E-state index contributed by atoms with van der Waals surface area (Å²) in [5.74, 6) is 1.36. The van der Waals surface area contributed by atoms with Crippen LogP contribution in [0.3, 0.4) is 0 Å². The molecule has 0 spiro atoms. The first kappa shape index (κ1) is 12.4. The monoisotopic (exact) mass is 225 g/mol. The normalized spacial score (nSPS) is 39.4. The molecule has 0 aromatic carbocycles. The largest absolute Gasteiger partial charge is 0.389 e. The van der Waals surface area contributed by atoms with Crippen molar-refractivity contribution in [3.63, 3.8) is 0 Å². The minimum absolute atomic E-state index is 0.0232. The third kappa shape index (κ3) is 1.80. The maximum atomic E-state index is 11.0. The number of hydrogen-bond acceptors (Lipinski definition) is 2. The molecule has 0 aliphatic heterocycles. The molecule has 0 heterocycles. The Balaban J connectivity index is 2.18. The van der Waals surface area contributed by atoms with Crippen LogP contribution in [0.5, 0.6) is 0 Å². The predicted molar refractivity (Wildman–Crippen MR) is 67.1 cm³/mol. The molecule has 0 aromatic rings. The van der Waals surface area contributed by atoms with Gasteiger partial charge in [-0.05, 0) is 43.9 Å². The fraction of sp³-hybridized carbons (Fsp3) is 1.00. The van der Waals surface area contributed by atoms with E-state index in [0.717, 1.165) is 25.2 Å². The second kappa shape index (κ2) is 4.30. The summed E-state index contributed by atoms with van der Waals surface area (Å²) in [7, 11) is 0. The Morgan fingerprint density at radius 3 is 2.19 bits per heavy atom. The highest BCUT2D eigenvalue weighted by Crippen LogP contribution is 2.56. The first-order valence-corrected chi connectivity index (χ1v) is 7.00. The summed E-state index contributed by atoms with van der Waals surface area (Å²) >= 11 is 0. The van der Waals surface area contributed by atoms with Crippen LogP contribution >= 0.6 is 0 Å². The number of rotatable bonds is 4. The molecular formula is C14H27NO. The Labute approximate surface area is 99.6 Å². The van der Waals surface area contributed by atoms with E-state index in [1.807, 2.05) is 0 Å². The smallest absolute Gasteiger partial charge is 0.0741 e. The van der Waals surface area contributed by atoms with E-state index >= 15 is 0 Å². The summed E-state index contributed by atoms with van der Waals surface area (Å²) in [4.78, 5) is 0. The zero-order valence-corrected chi connectivity index (χ0v) is 10.8. The lowest BCUT2D eigenvalue weighted by Crippen LogP contribution is -2.55. The molecule has 3 N–H and O–H groups in total. The Morgan fingerprint density at radius 2 is 1.81 bits per heavy atom. The second-order valence-electron chi connectivity index (χ2n) is 6.22. The van der Waals surface area contributed by atoms with Crippen molar-refractivity contribution in [2.45, 2.75) is 64.4 Å². The van der Waals surface area contributed by atoms with Gasteiger partial charge in [0.1, 0.15) is 0 Å². The van der Waals surface area contributed by atoms with E-state index in [2.05, 4.69) is 13.8 Å². The molecule has 1 unspecified atom stereocenters. The third-order valence-corrected chi connectivity index (χ3v) is 5.33. The number of aliphatic hydroxyl groups is 1. The van der Waals surface area contributed by atoms with Crippen LogP contribution in [0.25, 0.3) is 0 Å². The third-order valence-electron chi connectivity index (χ3n) is 5.33. The lowest BCUT2D eigenvalue weighted by molar-refractivity contribution is -0.122. The average Bonchev–Trinajstić information content (AvgIpc) is 3.13. The molecule has 16 heavy (non-hydrogen) atoms. The van der Waals surface area contributed by atoms with Crippen LogP contribution in [-0.4, -0.2) is 17.3 Å². The molecule has 0 saturated heterocycles. The van der Waals surface area contributed by atoms with E-state index in [9.17, 15) is 5.11 Å². The Kier molecular flexibility index (Phi) is 3.33. The van der Waals surface area contributed by atoms with E-state index in [1.165, 1.54) is 25.7 Å². The summed E-state index contributed by atoms with van der Waals surface area (Å²) < 4.78 is 0. The minimum Gasteiger partial charge on any atom is -0.389 e. The van der Waals surface area contributed by atoms with E-state index < -0.39 is 5.60 Å². The minimum atomic E-state index is -0.470. The van der Waals surface area contributed by atoms with Crippen molar-refractivity contribution < 1.29 is 5.11 Å². The van der Waals surface area contributed by atoms with Crippen LogP contribution < -0.4 is 5.73 Å². The molecule has 0 bridgehead atoms. The van der Waals surface area contributed by atoms with Gasteiger partial charge in [0.05, 0.1) is 5.60 Å². The highest BCUT2D eigenvalue weighted by Gasteiger charge is 2.56. The molecule has 2 fully saturated rings. The summed E-state index contributed by atoms with van der Waals surface area (Å²) in [6.07, 6.45) is 8.04. The van der Waals surface area contributed by atoms with Crippen molar-refractivity contribution in [3.05, 3.63) is 0 Å². The Hall–Kier alpha value is -0.0800. The van der Waals surface area contributed by atoms with Gasteiger partial charge < -0.3 is 10.8 Å². The van der Waals surface area contributed by atoms with Gasteiger partial charge in [-0.2, -0.15) is 0 Å². The number of nitrogens with two attached hydrogens (primary N) is 1. The van der Waals surface area contributed by atoms with Crippen molar-refractivity contribution >= 4 is 0 Å². The molecule has 2 aliphatic rings.